The van der Waals surface area contributed by atoms with Crippen LogP contribution in [-0.4, -0.2) is 0 Å². The maximum atomic E-state index is 2.33. The summed E-state index contributed by atoms with van der Waals surface area (Å²) < 4.78 is 0. The molecule has 0 amide bonds. The summed E-state index contributed by atoms with van der Waals surface area (Å²) in [6, 6.07) is 0. The third kappa shape index (κ3) is 7.49. The molecule has 0 spiro atoms. The van der Waals surface area contributed by atoms with Gasteiger partial charge in [-0.2, -0.15) is 0 Å². The first kappa shape index (κ1) is 20.3. The van der Waals surface area contributed by atoms with Crippen molar-refractivity contribution in [2.75, 3.05) is 0 Å². The van der Waals surface area contributed by atoms with Gasteiger partial charge in [0.1, 0.15) is 0 Å². The van der Waals surface area contributed by atoms with Crippen LogP contribution in [0.2, 0.25) is 0 Å². The highest BCUT2D eigenvalue weighted by Gasteiger charge is 2.30. The first-order valence-electron chi connectivity index (χ1n) is 11.8. The Morgan fingerprint density at radius 3 is 1.29 bits per heavy atom. The molecule has 0 heteroatoms. The van der Waals surface area contributed by atoms with E-state index in [0.717, 1.165) is 23.7 Å². The third-order valence-electron chi connectivity index (χ3n) is 7.38. The van der Waals surface area contributed by atoms with Gasteiger partial charge >= 0.3 is 0 Å². The van der Waals surface area contributed by atoms with Gasteiger partial charge in [0.15, 0.2) is 0 Å². The molecule has 0 aromatic heterocycles. The van der Waals surface area contributed by atoms with Crippen molar-refractivity contribution in [3.63, 3.8) is 0 Å². The molecule has 0 saturated heterocycles. The van der Waals surface area contributed by atoms with Crippen LogP contribution >= 0.6 is 0 Å². The lowest BCUT2D eigenvalue weighted by Crippen LogP contribution is -2.25. The largest absolute Gasteiger partial charge is 0.0654 e. The van der Waals surface area contributed by atoms with Crippen LogP contribution in [0.4, 0.5) is 0 Å². The Bertz CT molecular complexity index is 278. The van der Waals surface area contributed by atoms with Gasteiger partial charge in [-0.05, 0) is 49.4 Å². The van der Waals surface area contributed by atoms with Crippen LogP contribution in [0.5, 0.6) is 0 Å². The van der Waals surface area contributed by atoms with Crippen LogP contribution in [0, 0.1) is 23.7 Å². The Hall–Kier alpha value is 0. The van der Waals surface area contributed by atoms with E-state index in [-0.39, 0.29) is 0 Å². The fraction of sp³-hybridized carbons (Fsp3) is 1.00. The van der Waals surface area contributed by atoms with Crippen molar-refractivity contribution >= 4 is 0 Å². The summed E-state index contributed by atoms with van der Waals surface area (Å²) in [5, 5.41) is 0. The van der Waals surface area contributed by atoms with Gasteiger partial charge in [-0.1, -0.05) is 104 Å². The number of hydrogen-bond donors (Lipinski definition) is 0. The Kier molecular flexibility index (Phi) is 10.5. The van der Waals surface area contributed by atoms with Crippen molar-refractivity contribution in [3.8, 4) is 0 Å². The van der Waals surface area contributed by atoms with Gasteiger partial charge in [-0.15, -0.1) is 0 Å². The third-order valence-corrected chi connectivity index (χ3v) is 7.38. The van der Waals surface area contributed by atoms with Crippen molar-refractivity contribution in [2.24, 2.45) is 23.7 Å². The van der Waals surface area contributed by atoms with E-state index >= 15 is 0 Å². The molecule has 2 aliphatic rings. The molecular weight excluding hydrogens is 288 g/mol. The summed E-state index contributed by atoms with van der Waals surface area (Å²) in [6.45, 7) is 4.65. The zero-order valence-corrected chi connectivity index (χ0v) is 17.0. The Labute approximate surface area is 153 Å². The minimum Gasteiger partial charge on any atom is -0.0654 e. The van der Waals surface area contributed by atoms with E-state index in [2.05, 4.69) is 13.8 Å². The topological polar surface area (TPSA) is 0 Å². The molecule has 0 aromatic rings. The molecule has 2 aliphatic carbocycles. The normalized spacial score (nSPS) is 31.2. The second-order valence-corrected chi connectivity index (χ2v) is 9.26. The van der Waals surface area contributed by atoms with E-state index in [9.17, 15) is 0 Å². The zero-order valence-electron chi connectivity index (χ0n) is 17.0. The summed E-state index contributed by atoms with van der Waals surface area (Å²) in [5.41, 5.74) is 0. The lowest BCUT2D eigenvalue weighted by atomic mass is 9.68. The van der Waals surface area contributed by atoms with Crippen LogP contribution in [-0.2, 0) is 0 Å². The predicted octanol–water partition coefficient (Wildman–Crippen LogP) is 8.54. The monoisotopic (exact) mass is 334 g/mol. The molecule has 0 unspecified atom stereocenters. The molecule has 2 saturated carbocycles. The van der Waals surface area contributed by atoms with Crippen LogP contribution in [0.25, 0.3) is 0 Å². The summed E-state index contributed by atoms with van der Waals surface area (Å²) in [4.78, 5) is 0. The van der Waals surface area contributed by atoms with Gasteiger partial charge in [0, 0.05) is 0 Å². The lowest BCUT2D eigenvalue weighted by Gasteiger charge is -2.38. The van der Waals surface area contributed by atoms with E-state index in [1.165, 1.54) is 57.8 Å². The number of hydrogen-bond acceptors (Lipinski definition) is 0. The summed E-state index contributed by atoms with van der Waals surface area (Å²) in [5.74, 6) is 4.40. The molecule has 0 atom stereocenters. The molecule has 2 fully saturated rings. The molecule has 0 heterocycles. The van der Waals surface area contributed by atoms with Crippen molar-refractivity contribution in [1.29, 1.82) is 0 Å². The van der Waals surface area contributed by atoms with Crippen LogP contribution in [0.15, 0.2) is 0 Å². The lowest BCUT2D eigenvalue weighted by molar-refractivity contribution is 0.139. The zero-order chi connectivity index (χ0) is 17.0. The smallest absolute Gasteiger partial charge is 0.0386 e. The minimum absolute atomic E-state index is 1.09. The fourth-order valence-electron chi connectivity index (χ4n) is 5.62. The Balaban J connectivity index is 1.53. The second kappa shape index (κ2) is 12.4. The van der Waals surface area contributed by atoms with Gasteiger partial charge in [0.05, 0.1) is 0 Å². The van der Waals surface area contributed by atoms with E-state index in [0.29, 0.717) is 0 Å². The standard InChI is InChI=1S/C24H46/c1-3-5-7-8-10-12-22-15-19-24(20-16-22)23-17-13-21(14-18-23)11-9-6-4-2/h21-24H,3-20H2,1-2H3/t21-,22-,23-,24-. The number of unbranched alkanes of at least 4 members (excludes halogenated alkanes) is 6. The average Bonchev–Trinajstić information content (AvgIpc) is 2.63. The Morgan fingerprint density at radius 1 is 0.458 bits per heavy atom. The van der Waals surface area contributed by atoms with Gasteiger partial charge in [0.2, 0.25) is 0 Å². The minimum atomic E-state index is 1.09. The van der Waals surface area contributed by atoms with Crippen LogP contribution in [0.3, 0.4) is 0 Å². The fourth-order valence-corrected chi connectivity index (χ4v) is 5.62. The SMILES string of the molecule is CCCCCCC[C@H]1CC[C@H]([C@H]2CC[C@H](CCCCC)CC2)CC1. The summed E-state index contributed by atoms with van der Waals surface area (Å²) in [7, 11) is 0. The van der Waals surface area contributed by atoms with Gasteiger partial charge in [-0.25, -0.2) is 0 Å². The first-order chi connectivity index (χ1) is 11.8. The molecular formula is C24H46. The molecule has 2 rings (SSSR count). The molecule has 142 valence electrons. The molecule has 24 heavy (non-hydrogen) atoms. The molecule has 0 aliphatic heterocycles. The maximum absolute atomic E-state index is 2.33. The predicted molar refractivity (Wildman–Crippen MR) is 108 cm³/mol. The maximum Gasteiger partial charge on any atom is -0.0386 e. The van der Waals surface area contributed by atoms with Gasteiger partial charge < -0.3 is 0 Å². The van der Waals surface area contributed by atoms with E-state index < -0.39 is 0 Å². The summed E-state index contributed by atoms with van der Waals surface area (Å²) in [6.07, 6.45) is 27.3. The van der Waals surface area contributed by atoms with E-state index in [1.54, 1.807) is 57.8 Å². The number of rotatable bonds is 11. The van der Waals surface area contributed by atoms with Gasteiger partial charge in [0.25, 0.3) is 0 Å². The molecule has 0 aromatic carbocycles. The van der Waals surface area contributed by atoms with E-state index in [1.807, 2.05) is 0 Å². The molecule has 0 radical (unpaired) electrons. The average molecular weight is 335 g/mol. The van der Waals surface area contributed by atoms with Crippen LogP contribution in [0.1, 0.15) is 129 Å². The van der Waals surface area contributed by atoms with Crippen molar-refractivity contribution in [1.82, 2.24) is 0 Å². The second-order valence-electron chi connectivity index (χ2n) is 9.26. The highest BCUT2D eigenvalue weighted by atomic mass is 14.4. The highest BCUT2D eigenvalue weighted by Crippen LogP contribution is 2.43. The molecule has 0 nitrogen and oxygen atoms in total. The molecule has 0 N–H and O–H groups in total. The van der Waals surface area contributed by atoms with Crippen molar-refractivity contribution in [2.45, 2.75) is 129 Å². The van der Waals surface area contributed by atoms with Crippen molar-refractivity contribution in [3.05, 3.63) is 0 Å². The Morgan fingerprint density at radius 2 is 0.833 bits per heavy atom. The summed E-state index contributed by atoms with van der Waals surface area (Å²) >= 11 is 0. The quantitative estimate of drug-likeness (QED) is 0.332. The first-order valence-corrected chi connectivity index (χ1v) is 11.8. The van der Waals surface area contributed by atoms with Crippen LogP contribution < -0.4 is 0 Å². The van der Waals surface area contributed by atoms with Gasteiger partial charge in [-0.3, -0.25) is 0 Å². The highest BCUT2D eigenvalue weighted by molar-refractivity contribution is 4.82. The van der Waals surface area contributed by atoms with E-state index in [4.69, 9.17) is 0 Å². The molecule has 0 bridgehead atoms. The van der Waals surface area contributed by atoms with Crippen molar-refractivity contribution < 1.29 is 0 Å².